The highest BCUT2D eigenvalue weighted by Crippen LogP contribution is 2.50. The Morgan fingerprint density at radius 3 is 2.63 bits per heavy atom. The van der Waals surface area contributed by atoms with Crippen LogP contribution in [0.4, 0.5) is 0 Å². The first kappa shape index (κ1) is 18.9. The molecule has 3 aromatic rings. The molecule has 1 saturated heterocycles. The van der Waals surface area contributed by atoms with Gasteiger partial charge in [-0.3, -0.25) is 4.79 Å². The third kappa shape index (κ3) is 3.47. The second-order valence-electron chi connectivity index (χ2n) is 8.30. The molecular formula is C24H25N3O3. The third-order valence-corrected chi connectivity index (χ3v) is 6.34. The number of amides is 1. The number of hydrogen-bond donors (Lipinski definition) is 0. The van der Waals surface area contributed by atoms with E-state index in [2.05, 4.69) is 10.1 Å². The predicted molar refractivity (Wildman–Crippen MR) is 112 cm³/mol. The van der Waals surface area contributed by atoms with Gasteiger partial charge in [-0.15, -0.1) is 0 Å². The zero-order valence-electron chi connectivity index (χ0n) is 17.1. The van der Waals surface area contributed by atoms with Gasteiger partial charge >= 0.3 is 0 Å². The van der Waals surface area contributed by atoms with Gasteiger partial charge in [0.2, 0.25) is 5.91 Å². The van der Waals surface area contributed by atoms with Crippen molar-refractivity contribution in [2.45, 2.75) is 31.1 Å². The first-order valence-corrected chi connectivity index (χ1v) is 10.5. The van der Waals surface area contributed by atoms with E-state index in [9.17, 15) is 4.79 Å². The summed E-state index contributed by atoms with van der Waals surface area (Å²) in [6, 6.07) is 17.7. The van der Waals surface area contributed by atoms with Gasteiger partial charge < -0.3 is 14.2 Å². The van der Waals surface area contributed by atoms with Crippen molar-refractivity contribution in [1.82, 2.24) is 15.0 Å². The van der Waals surface area contributed by atoms with Crippen LogP contribution < -0.4 is 4.74 Å². The van der Waals surface area contributed by atoms with E-state index in [-0.39, 0.29) is 11.3 Å². The number of carbonyl (C=O) groups is 1. The van der Waals surface area contributed by atoms with Crippen molar-refractivity contribution in [1.29, 1.82) is 0 Å². The molecule has 1 aromatic heterocycles. The highest BCUT2D eigenvalue weighted by molar-refractivity contribution is 5.91. The van der Waals surface area contributed by atoms with Gasteiger partial charge in [0.15, 0.2) is 5.82 Å². The minimum atomic E-state index is -0.340. The summed E-state index contributed by atoms with van der Waals surface area (Å²) >= 11 is 0. The summed E-state index contributed by atoms with van der Waals surface area (Å²) in [6.07, 6.45) is 3.55. The molecule has 6 nitrogen and oxygen atoms in total. The van der Waals surface area contributed by atoms with Gasteiger partial charge in [0.25, 0.3) is 5.89 Å². The molecule has 30 heavy (non-hydrogen) atoms. The maximum Gasteiger partial charge on any atom is 0.257 e. The zero-order valence-corrected chi connectivity index (χ0v) is 17.1. The lowest BCUT2D eigenvalue weighted by molar-refractivity contribution is -0.133. The first-order chi connectivity index (χ1) is 14.7. The van der Waals surface area contributed by atoms with E-state index < -0.39 is 0 Å². The Kier molecular flexibility index (Phi) is 4.77. The number of aromatic nitrogens is 2. The fraction of sp³-hybridized carbons (Fsp3) is 0.375. The molecule has 1 aliphatic heterocycles. The van der Waals surface area contributed by atoms with E-state index in [0.717, 1.165) is 55.6 Å². The van der Waals surface area contributed by atoms with Crippen LogP contribution in [0.25, 0.3) is 11.5 Å². The molecule has 0 N–H and O–H groups in total. The van der Waals surface area contributed by atoms with Crippen LogP contribution in [-0.4, -0.2) is 41.1 Å². The molecule has 1 aliphatic carbocycles. The SMILES string of the molecule is COc1ccc(C2(C(=O)N3CCC(Cc4noc(-c5ccccc5)n4)C3)CC2)cc1. The molecule has 1 saturated carbocycles. The third-order valence-electron chi connectivity index (χ3n) is 6.34. The molecular weight excluding hydrogens is 378 g/mol. The molecule has 1 amide bonds. The van der Waals surface area contributed by atoms with Crippen LogP contribution >= 0.6 is 0 Å². The Morgan fingerprint density at radius 2 is 1.93 bits per heavy atom. The van der Waals surface area contributed by atoms with Gasteiger partial charge in [0.05, 0.1) is 12.5 Å². The van der Waals surface area contributed by atoms with Crippen molar-refractivity contribution < 1.29 is 14.1 Å². The van der Waals surface area contributed by atoms with E-state index >= 15 is 0 Å². The maximum absolute atomic E-state index is 13.3. The molecule has 2 aliphatic rings. The van der Waals surface area contributed by atoms with E-state index in [4.69, 9.17) is 9.26 Å². The number of benzene rings is 2. The van der Waals surface area contributed by atoms with Gasteiger partial charge in [-0.05, 0) is 55.0 Å². The predicted octanol–water partition coefficient (Wildman–Crippen LogP) is 3.87. The van der Waals surface area contributed by atoms with Crippen LogP contribution in [0, 0.1) is 5.92 Å². The highest BCUT2D eigenvalue weighted by atomic mass is 16.5. The maximum atomic E-state index is 13.3. The van der Waals surface area contributed by atoms with Crippen molar-refractivity contribution in [3.63, 3.8) is 0 Å². The number of carbonyl (C=O) groups excluding carboxylic acids is 1. The number of likely N-dealkylation sites (tertiary alicyclic amines) is 1. The number of hydrogen-bond acceptors (Lipinski definition) is 5. The molecule has 2 heterocycles. The lowest BCUT2D eigenvalue weighted by Gasteiger charge is -2.23. The Balaban J connectivity index is 1.23. The van der Waals surface area contributed by atoms with Crippen molar-refractivity contribution in [2.75, 3.05) is 20.2 Å². The Morgan fingerprint density at radius 1 is 1.17 bits per heavy atom. The smallest absolute Gasteiger partial charge is 0.257 e. The molecule has 0 radical (unpaired) electrons. The minimum Gasteiger partial charge on any atom is -0.497 e. The van der Waals surface area contributed by atoms with E-state index in [1.54, 1.807) is 7.11 Å². The highest BCUT2D eigenvalue weighted by Gasteiger charge is 2.53. The van der Waals surface area contributed by atoms with Gasteiger partial charge in [-0.2, -0.15) is 4.98 Å². The molecule has 1 unspecified atom stereocenters. The summed E-state index contributed by atoms with van der Waals surface area (Å²) in [4.78, 5) is 19.9. The van der Waals surface area contributed by atoms with Crippen molar-refractivity contribution in [3.8, 4) is 17.2 Å². The second-order valence-corrected chi connectivity index (χ2v) is 8.30. The average Bonchev–Trinajstić information content (AvgIpc) is 3.25. The molecule has 2 fully saturated rings. The van der Waals surface area contributed by atoms with Crippen molar-refractivity contribution in [3.05, 3.63) is 66.0 Å². The molecule has 6 heteroatoms. The van der Waals surface area contributed by atoms with Gasteiger partial charge in [-0.1, -0.05) is 35.5 Å². The van der Waals surface area contributed by atoms with Crippen LogP contribution in [0.3, 0.4) is 0 Å². The summed E-state index contributed by atoms with van der Waals surface area (Å²) in [5.41, 5.74) is 1.69. The van der Waals surface area contributed by atoms with Crippen molar-refractivity contribution >= 4 is 5.91 Å². The first-order valence-electron chi connectivity index (χ1n) is 10.5. The minimum absolute atomic E-state index is 0.258. The summed E-state index contributed by atoms with van der Waals surface area (Å²) in [7, 11) is 1.66. The molecule has 0 spiro atoms. The summed E-state index contributed by atoms with van der Waals surface area (Å²) in [6.45, 7) is 1.55. The monoisotopic (exact) mass is 403 g/mol. The molecule has 154 valence electrons. The number of rotatable bonds is 6. The van der Waals surface area contributed by atoms with Crippen molar-refractivity contribution in [2.24, 2.45) is 5.92 Å². The quantitative estimate of drug-likeness (QED) is 0.625. The largest absolute Gasteiger partial charge is 0.497 e. The van der Waals surface area contributed by atoms with Gasteiger partial charge in [0, 0.05) is 25.1 Å². The fourth-order valence-electron chi connectivity index (χ4n) is 4.44. The lowest BCUT2D eigenvalue weighted by atomic mass is 9.94. The summed E-state index contributed by atoms with van der Waals surface area (Å²) < 4.78 is 10.7. The van der Waals surface area contributed by atoms with Crippen LogP contribution in [0.5, 0.6) is 5.75 Å². The standard InChI is InChI=1S/C24H25N3O3/c1-29-20-9-7-19(8-10-20)24(12-13-24)23(28)27-14-11-17(16-27)15-21-25-22(30-26-21)18-5-3-2-4-6-18/h2-10,17H,11-16H2,1H3. The Hall–Kier alpha value is -3.15. The zero-order chi connectivity index (χ0) is 20.6. The normalized spacial score (nSPS) is 19.6. The van der Waals surface area contributed by atoms with Crippen LogP contribution in [0.15, 0.2) is 59.1 Å². The lowest BCUT2D eigenvalue weighted by Crippen LogP contribution is -2.38. The van der Waals surface area contributed by atoms with E-state index in [1.165, 1.54) is 0 Å². The molecule has 0 bridgehead atoms. The van der Waals surface area contributed by atoms with Gasteiger partial charge in [0.1, 0.15) is 5.75 Å². The summed E-state index contributed by atoms with van der Waals surface area (Å²) in [5.74, 6) is 2.70. The van der Waals surface area contributed by atoms with E-state index in [1.807, 2.05) is 59.5 Å². The average molecular weight is 403 g/mol. The Labute approximate surface area is 175 Å². The van der Waals surface area contributed by atoms with Gasteiger partial charge in [-0.25, -0.2) is 0 Å². The number of methoxy groups -OCH3 is 1. The molecule has 5 rings (SSSR count). The Bertz CT molecular complexity index is 1030. The van der Waals surface area contributed by atoms with Crippen LogP contribution in [0.2, 0.25) is 0 Å². The fourth-order valence-corrected chi connectivity index (χ4v) is 4.44. The summed E-state index contributed by atoms with van der Waals surface area (Å²) in [5, 5.41) is 4.15. The molecule has 1 atom stereocenters. The van der Waals surface area contributed by atoms with Crippen LogP contribution in [0.1, 0.15) is 30.7 Å². The second kappa shape index (κ2) is 7.59. The van der Waals surface area contributed by atoms with E-state index in [0.29, 0.717) is 17.6 Å². The topological polar surface area (TPSA) is 68.5 Å². The molecule has 2 aromatic carbocycles. The van der Waals surface area contributed by atoms with Crippen LogP contribution in [-0.2, 0) is 16.6 Å². The number of nitrogens with zero attached hydrogens (tertiary/aromatic N) is 3. The number of ether oxygens (including phenoxy) is 1.